The van der Waals surface area contributed by atoms with Gasteiger partial charge in [-0.1, -0.05) is 30.3 Å². The van der Waals surface area contributed by atoms with Crippen molar-refractivity contribution in [3.05, 3.63) is 70.2 Å². The van der Waals surface area contributed by atoms with Gasteiger partial charge in [-0.2, -0.15) is 0 Å². The van der Waals surface area contributed by atoms with Gasteiger partial charge in [-0.15, -0.1) is 0 Å². The van der Waals surface area contributed by atoms with Gasteiger partial charge in [0.05, 0.1) is 0 Å². The van der Waals surface area contributed by atoms with Crippen LogP contribution in [0.1, 0.15) is 11.3 Å². The molecule has 0 aliphatic carbocycles. The summed E-state index contributed by atoms with van der Waals surface area (Å²) in [6.45, 7) is 0.300. The van der Waals surface area contributed by atoms with Crippen LogP contribution in [-0.4, -0.2) is 16.1 Å². The minimum absolute atomic E-state index is 0.196. The second-order valence-corrected chi connectivity index (χ2v) is 4.06. The molecule has 0 amide bonds. The monoisotopic (exact) mass is 271 g/mol. The molecule has 0 fully saturated rings. The van der Waals surface area contributed by atoms with Crippen LogP contribution in [0.2, 0.25) is 0 Å². The Kier molecular flexibility index (Phi) is 4.34. The molecular weight excluding hydrogens is 258 g/mol. The summed E-state index contributed by atoms with van der Waals surface area (Å²) < 4.78 is 5.42. The number of carboxylic acids is 1. The Morgan fingerprint density at radius 3 is 2.70 bits per heavy atom. The summed E-state index contributed by atoms with van der Waals surface area (Å²) in [5.41, 5.74) is 1.07. The van der Waals surface area contributed by atoms with Crippen molar-refractivity contribution >= 4 is 12.0 Å². The molecule has 2 aromatic rings. The molecule has 1 aromatic carbocycles. The van der Waals surface area contributed by atoms with E-state index in [1.165, 1.54) is 18.3 Å². The molecule has 1 aromatic heterocycles. The molecule has 0 bridgehead atoms. The highest BCUT2D eigenvalue weighted by molar-refractivity contribution is 5.84. The number of hydrogen-bond donors (Lipinski definition) is 2. The summed E-state index contributed by atoms with van der Waals surface area (Å²) in [5, 5.41) is 8.51. The number of benzene rings is 1. The predicted octanol–water partition coefficient (Wildman–Crippen LogP) is 2.05. The lowest BCUT2D eigenvalue weighted by molar-refractivity contribution is -0.131. The molecule has 0 aliphatic rings. The largest absolute Gasteiger partial charge is 0.483 e. The molecule has 0 saturated carbocycles. The van der Waals surface area contributed by atoms with Gasteiger partial charge in [0.2, 0.25) is 5.43 Å². The zero-order valence-electron chi connectivity index (χ0n) is 10.6. The van der Waals surface area contributed by atoms with Crippen LogP contribution in [0.3, 0.4) is 0 Å². The fourth-order valence-corrected chi connectivity index (χ4v) is 1.58. The third-order valence-electron chi connectivity index (χ3n) is 2.54. The molecule has 2 rings (SSSR count). The lowest BCUT2D eigenvalue weighted by Gasteiger charge is -2.05. The van der Waals surface area contributed by atoms with Crippen LogP contribution in [0, 0.1) is 0 Å². The molecule has 5 nitrogen and oxygen atoms in total. The number of aromatic nitrogens is 1. The molecule has 0 saturated heterocycles. The SMILES string of the molecule is O=C(O)/C=C/c1cc(=O)c(OCc2ccccc2)c[nH]1. The fourth-order valence-electron chi connectivity index (χ4n) is 1.58. The number of ether oxygens (including phenoxy) is 1. The normalized spacial score (nSPS) is 10.6. The second kappa shape index (κ2) is 6.38. The third-order valence-corrected chi connectivity index (χ3v) is 2.54. The van der Waals surface area contributed by atoms with Gasteiger partial charge in [0, 0.05) is 24.0 Å². The molecular formula is C15H13NO4. The number of aromatic amines is 1. The van der Waals surface area contributed by atoms with E-state index in [2.05, 4.69) is 4.98 Å². The summed E-state index contributed by atoms with van der Waals surface area (Å²) in [6.07, 6.45) is 3.69. The van der Waals surface area contributed by atoms with Crippen molar-refractivity contribution in [2.45, 2.75) is 6.61 Å². The number of rotatable bonds is 5. The highest BCUT2D eigenvalue weighted by Crippen LogP contribution is 2.07. The first-order valence-electron chi connectivity index (χ1n) is 5.95. The van der Waals surface area contributed by atoms with Crippen molar-refractivity contribution in [1.29, 1.82) is 0 Å². The molecule has 102 valence electrons. The lowest BCUT2D eigenvalue weighted by atomic mass is 10.2. The molecule has 5 heteroatoms. The van der Waals surface area contributed by atoms with Crippen LogP contribution in [0.15, 0.2) is 53.5 Å². The van der Waals surface area contributed by atoms with E-state index in [0.29, 0.717) is 12.3 Å². The summed E-state index contributed by atoms with van der Waals surface area (Å²) in [5.74, 6) is -0.878. The van der Waals surface area contributed by atoms with Crippen LogP contribution in [0.25, 0.3) is 6.08 Å². The minimum Gasteiger partial charge on any atom is -0.483 e. The van der Waals surface area contributed by atoms with Crippen LogP contribution >= 0.6 is 0 Å². The Bertz CT molecular complexity index is 674. The van der Waals surface area contributed by atoms with Gasteiger partial charge >= 0.3 is 5.97 Å². The van der Waals surface area contributed by atoms with Crippen molar-refractivity contribution < 1.29 is 14.6 Å². The average molecular weight is 271 g/mol. The van der Waals surface area contributed by atoms with E-state index in [9.17, 15) is 9.59 Å². The molecule has 0 aliphatic heterocycles. The Balaban J connectivity index is 2.07. The standard InChI is InChI=1S/C15H13NO4/c17-13-8-12(6-7-15(18)19)16-9-14(13)20-10-11-4-2-1-3-5-11/h1-9H,10H2,(H,16,17)(H,18,19)/b7-6+. The Labute approximate surface area is 115 Å². The number of H-pyrrole nitrogens is 1. The highest BCUT2D eigenvalue weighted by Gasteiger charge is 2.02. The number of nitrogens with one attached hydrogen (secondary N) is 1. The first-order valence-corrected chi connectivity index (χ1v) is 5.95. The molecule has 0 atom stereocenters. The summed E-state index contributed by atoms with van der Waals surface area (Å²) in [6, 6.07) is 10.8. The maximum atomic E-state index is 11.8. The van der Waals surface area contributed by atoms with E-state index in [4.69, 9.17) is 9.84 Å². The molecule has 0 radical (unpaired) electrons. The topological polar surface area (TPSA) is 79.4 Å². The number of aliphatic carboxylic acids is 1. The summed E-state index contributed by atoms with van der Waals surface area (Å²) in [7, 11) is 0. The number of carboxylic acid groups (broad SMARTS) is 1. The van der Waals surface area contributed by atoms with Gasteiger partial charge in [0.1, 0.15) is 6.61 Å². The van der Waals surface area contributed by atoms with Crippen LogP contribution < -0.4 is 10.2 Å². The van der Waals surface area contributed by atoms with Gasteiger partial charge in [0.15, 0.2) is 5.75 Å². The van der Waals surface area contributed by atoms with E-state index in [1.54, 1.807) is 0 Å². The molecule has 20 heavy (non-hydrogen) atoms. The molecule has 0 unspecified atom stereocenters. The fraction of sp³-hybridized carbons (Fsp3) is 0.0667. The van der Waals surface area contributed by atoms with E-state index in [0.717, 1.165) is 11.6 Å². The third kappa shape index (κ3) is 3.84. The lowest BCUT2D eigenvalue weighted by Crippen LogP contribution is -2.08. The second-order valence-electron chi connectivity index (χ2n) is 4.06. The summed E-state index contributed by atoms with van der Waals surface area (Å²) >= 11 is 0. The first-order chi connectivity index (χ1) is 9.65. The number of hydrogen-bond acceptors (Lipinski definition) is 3. The van der Waals surface area contributed by atoms with Crippen LogP contribution in [-0.2, 0) is 11.4 Å². The Morgan fingerprint density at radius 2 is 2.05 bits per heavy atom. The Hall–Kier alpha value is -2.82. The van der Waals surface area contributed by atoms with Gasteiger partial charge in [0.25, 0.3) is 0 Å². The number of pyridine rings is 1. The van der Waals surface area contributed by atoms with Crippen molar-refractivity contribution in [2.75, 3.05) is 0 Å². The van der Waals surface area contributed by atoms with E-state index >= 15 is 0 Å². The average Bonchev–Trinajstić information content (AvgIpc) is 2.45. The first kappa shape index (κ1) is 13.6. The van der Waals surface area contributed by atoms with Gasteiger partial charge < -0.3 is 14.8 Å². The Morgan fingerprint density at radius 1 is 1.30 bits per heavy atom. The van der Waals surface area contributed by atoms with Crippen molar-refractivity contribution in [3.63, 3.8) is 0 Å². The quantitative estimate of drug-likeness (QED) is 0.816. The van der Waals surface area contributed by atoms with Gasteiger partial charge in [-0.25, -0.2) is 4.79 Å². The smallest absolute Gasteiger partial charge is 0.328 e. The van der Waals surface area contributed by atoms with Gasteiger partial charge in [-0.3, -0.25) is 4.79 Å². The zero-order chi connectivity index (χ0) is 14.4. The molecule has 2 N–H and O–H groups in total. The molecule has 1 heterocycles. The predicted molar refractivity (Wildman–Crippen MR) is 74.5 cm³/mol. The van der Waals surface area contributed by atoms with Crippen LogP contribution in [0.5, 0.6) is 5.75 Å². The van der Waals surface area contributed by atoms with Crippen molar-refractivity contribution in [1.82, 2.24) is 4.98 Å². The minimum atomic E-state index is -1.07. The van der Waals surface area contributed by atoms with E-state index in [1.807, 2.05) is 30.3 Å². The van der Waals surface area contributed by atoms with E-state index in [-0.39, 0.29) is 11.2 Å². The van der Waals surface area contributed by atoms with Crippen molar-refractivity contribution in [2.24, 2.45) is 0 Å². The van der Waals surface area contributed by atoms with Crippen molar-refractivity contribution in [3.8, 4) is 5.75 Å². The highest BCUT2D eigenvalue weighted by atomic mass is 16.5. The van der Waals surface area contributed by atoms with Gasteiger partial charge in [-0.05, 0) is 11.6 Å². The maximum absolute atomic E-state index is 11.8. The zero-order valence-corrected chi connectivity index (χ0v) is 10.6. The van der Waals surface area contributed by atoms with E-state index < -0.39 is 5.97 Å². The van der Waals surface area contributed by atoms with Crippen LogP contribution in [0.4, 0.5) is 0 Å². The number of carbonyl (C=O) groups is 1. The molecule has 0 spiro atoms. The summed E-state index contributed by atoms with van der Waals surface area (Å²) in [4.78, 5) is 25.0. The maximum Gasteiger partial charge on any atom is 0.328 e.